The van der Waals surface area contributed by atoms with E-state index in [4.69, 9.17) is 15.0 Å². The highest BCUT2D eigenvalue weighted by atomic mass is 15.0. The van der Waals surface area contributed by atoms with Gasteiger partial charge in [-0.25, -0.2) is 9.98 Å². The van der Waals surface area contributed by atoms with Gasteiger partial charge >= 0.3 is 0 Å². The van der Waals surface area contributed by atoms with Gasteiger partial charge in [-0.1, -0.05) is 146 Å². The van der Waals surface area contributed by atoms with Crippen LogP contribution in [0.2, 0.25) is 0 Å². The first kappa shape index (κ1) is 38.3. The minimum Gasteiger partial charge on any atom is -0.309 e. The summed E-state index contributed by atoms with van der Waals surface area (Å²) in [5.41, 5.74) is 16.5. The number of hydrogen-bond donors (Lipinski definition) is 0. The number of aromatic nitrogens is 3. The SMILES string of the molecule is C1=C(c2ccccc2)/N=C(c2ccccc2)\N=C(\c2cc(-c3ccc4c(c3)c3ccccc3n4-c3ccc(-c4ccc5c(c4)c4ccccc4n5-c4ccccc4)cc3)ccn2)CCC\1. The number of benzene rings is 8. The number of amidine groups is 1. The van der Waals surface area contributed by atoms with Crippen LogP contribution in [-0.4, -0.2) is 25.7 Å². The Morgan fingerprint density at radius 3 is 1.52 bits per heavy atom. The Balaban J connectivity index is 0.897. The second-order valence-electron chi connectivity index (χ2n) is 16.7. The molecule has 0 atom stereocenters. The van der Waals surface area contributed by atoms with Crippen LogP contribution in [0.5, 0.6) is 0 Å². The molecule has 4 heterocycles. The maximum Gasteiger partial charge on any atom is 0.160 e. The van der Waals surface area contributed by atoms with E-state index >= 15 is 0 Å². The van der Waals surface area contributed by atoms with E-state index in [1.54, 1.807) is 0 Å². The molecule has 0 saturated heterocycles. The molecule has 8 aromatic carbocycles. The van der Waals surface area contributed by atoms with E-state index in [1.807, 2.05) is 30.5 Å². The van der Waals surface area contributed by atoms with Gasteiger partial charge in [0.1, 0.15) is 0 Å². The van der Waals surface area contributed by atoms with Crippen molar-refractivity contribution in [1.29, 1.82) is 0 Å². The van der Waals surface area contributed by atoms with Crippen LogP contribution in [0.4, 0.5) is 0 Å². The van der Waals surface area contributed by atoms with Gasteiger partial charge in [0.25, 0.3) is 0 Å². The molecular weight excluding hydrogens is 791 g/mol. The zero-order valence-corrected chi connectivity index (χ0v) is 35.7. The van der Waals surface area contributed by atoms with E-state index in [0.29, 0.717) is 5.84 Å². The number of allylic oxidation sites excluding steroid dienone is 1. The number of pyridine rings is 1. The van der Waals surface area contributed by atoms with E-state index in [9.17, 15) is 0 Å². The third-order valence-corrected chi connectivity index (χ3v) is 12.7. The molecule has 0 saturated carbocycles. The molecule has 65 heavy (non-hydrogen) atoms. The van der Waals surface area contributed by atoms with Crippen LogP contribution < -0.4 is 0 Å². The molecule has 0 aliphatic carbocycles. The smallest absolute Gasteiger partial charge is 0.160 e. The number of fused-ring (bicyclic) bond motifs is 6. The van der Waals surface area contributed by atoms with Gasteiger partial charge in [0, 0.05) is 44.7 Å². The standard InChI is InChI=1S/C60H43N5/c1-4-16-42(17-5-1)53-24-12-13-25-54(63-60(62-53)43-18-6-2-7-19-43)55-40-46(36-37-61-55)45-31-35-59-52(39-45)50-23-11-15-27-57(50)65(59)48-32-28-41(29-33-48)44-30-34-58-51(38-44)49-22-10-14-26-56(49)64(58)47-20-8-3-9-21-47/h1-11,14-24,26-40H,12-13,25H2/b53-24-,62-60-,63-54+. The van der Waals surface area contributed by atoms with Gasteiger partial charge in [0.2, 0.25) is 0 Å². The quantitative estimate of drug-likeness (QED) is 0.158. The third kappa shape index (κ3) is 7.04. The van der Waals surface area contributed by atoms with Crippen LogP contribution in [0.25, 0.3) is 82.9 Å². The molecule has 1 aliphatic rings. The van der Waals surface area contributed by atoms with Crippen LogP contribution >= 0.6 is 0 Å². The molecule has 5 nitrogen and oxygen atoms in total. The average molecular weight is 834 g/mol. The summed E-state index contributed by atoms with van der Waals surface area (Å²) in [5, 5.41) is 4.93. The number of aliphatic imine (C=N–C) groups is 2. The van der Waals surface area contributed by atoms with Crippen molar-refractivity contribution in [3.63, 3.8) is 0 Å². The lowest BCUT2D eigenvalue weighted by atomic mass is 10.0. The van der Waals surface area contributed by atoms with Crippen molar-refractivity contribution >= 4 is 60.9 Å². The van der Waals surface area contributed by atoms with Gasteiger partial charge < -0.3 is 9.13 Å². The van der Waals surface area contributed by atoms with Gasteiger partial charge in [-0.05, 0) is 120 Å². The summed E-state index contributed by atoms with van der Waals surface area (Å²) < 4.78 is 4.76. The lowest BCUT2D eigenvalue weighted by Crippen LogP contribution is -2.09. The third-order valence-electron chi connectivity index (χ3n) is 12.7. The maximum atomic E-state index is 5.30. The predicted molar refractivity (Wildman–Crippen MR) is 272 cm³/mol. The Bertz CT molecular complexity index is 3650. The fraction of sp³-hybridized carbons (Fsp3) is 0.0500. The van der Waals surface area contributed by atoms with Crippen molar-refractivity contribution in [3.05, 3.63) is 241 Å². The lowest BCUT2D eigenvalue weighted by Gasteiger charge is -2.11. The normalized spacial score (nSPS) is 15.7. The summed E-state index contributed by atoms with van der Waals surface area (Å²) in [6.45, 7) is 0. The van der Waals surface area contributed by atoms with Crippen LogP contribution in [0.3, 0.4) is 0 Å². The molecule has 3 aromatic heterocycles. The molecule has 0 radical (unpaired) electrons. The van der Waals surface area contributed by atoms with Crippen molar-refractivity contribution in [2.24, 2.45) is 9.98 Å². The maximum absolute atomic E-state index is 5.30. The van der Waals surface area contributed by atoms with Crippen molar-refractivity contribution < 1.29 is 0 Å². The van der Waals surface area contributed by atoms with E-state index in [2.05, 4.69) is 203 Å². The monoisotopic (exact) mass is 833 g/mol. The summed E-state index contributed by atoms with van der Waals surface area (Å²) in [5.74, 6) is 0.695. The van der Waals surface area contributed by atoms with Gasteiger partial charge in [-0.3, -0.25) is 4.98 Å². The summed E-state index contributed by atoms with van der Waals surface area (Å²) in [6.07, 6.45) is 6.80. The molecule has 12 rings (SSSR count). The minimum absolute atomic E-state index is 0.695. The number of rotatable bonds is 7. The van der Waals surface area contributed by atoms with Crippen LogP contribution in [0.1, 0.15) is 36.1 Å². The second-order valence-corrected chi connectivity index (χ2v) is 16.7. The van der Waals surface area contributed by atoms with Crippen molar-refractivity contribution in [2.75, 3.05) is 0 Å². The average Bonchev–Trinajstić information content (AvgIpc) is 3.92. The van der Waals surface area contributed by atoms with Gasteiger partial charge in [-0.2, -0.15) is 0 Å². The highest BCUT2D eigenvalue weighted by Crippen LogP contribution is 2.38. The van der Waals surface area contributed by atoms with E-state index < -0.39 is 0 Å². The van der Waals surface area contributed by atoms with E-state index in [-0.39, 0.29) is 0 Å². The number of para-hydroxylation sites is 3. The summed E-state index contributed by atoms with van der Waals surface area (Å²) in [4.78, 5) is 15.4. The zero-order valence-electron chi connectivity index (χ0n) is 35.7. The largest absolute Gasteiger partial charge is 0.309 e. The topological polar surface area (TPSA) is 47.5 Å². The molecule has 0 fully saturated rings. The van der Waals surface area contributed by atoms with Gasteiger partial charge in [0.05, 0.1) is 39.2 Å². The fourth-order valence-corrected chi connectivity index (χ4v) is 9.58. The molecule has 308 valence electrons. The number of nitrogens with zero attached hydrogens (tertiary/aromatic N) is 5. The molecule has 0 spiro atoms. The zero-order chi connectivity index (χ0) is 43.1. The van der Waals surface area contributed by atoms with E-state index in [0.717, 1.165) is 69.8 Å². The lowest BCUT2D eigenvalue weighted by molar-refractivity contribution is 0.893. The van der Waals surface area contributed by atoms with Gasteiger partial charge in [0.15, 0.2) is 5.84 Å². The Morgan fingerprint density at radius 1 is 0.369 bits per heavy atom. The Labute approximate surface area is 377 Å². The fourth-order valence-electron chi connectivity index (χ4n) is 9.58. The summed E-state index contributed by atoms with van der Waals surface area (Å²) >= 11 is 0. The van der Waals surface area contributed by atoms with Crippen molar-refractivity contribution in [2.45, 2.75) is 19.3 Å². The Kier molecular flexibility index (Phi) is 9.64. The van der Waals surface area contributed by atoms with Crippen LogP contribution in [0.15, 0.2) is 235 Å². The molecular formula is C60H43N5. The van der Waals surface area contributed by atoms with Crippen molar-refractivity contribution in [3.8, 4) is 33.6 Å². The van der Waals surface area contributed by atoms with Crippen LogP contribution in [0, 0.1) is 0 Å². The molecule has 0 bridgehead atoms. The molecule has 5 heteroatoms. The molecule has 0 amide bonds. The molecule has 1 aliphatic heterocycles. The minimum atomic E-state index is 0.695. The Morgan fingerprint density at radius 2 is 0.877 bits per heavy atom. The molecule has 0 unspecified atom stereocenters. The van der Waals surface area contributed by atoms with Crippen molar-refractivity contribution in [1.82, 2.24) is 14.1 Å². The first-order chi connectivity index (χ1) is 32.2. The first-order valence-electron chi connectivity index (χ1n) is 22.4. The number of hydrogen-bond acceptors (Lipinski definition) is 3. The highest BCUT2D eigenvalue weighted by Gasteiger charge is 2.18. The molecule has 0 N–H and O–H groups in total. The first-order valence-corrected chi connectivity index (χ1v) is 22.4. The second kappa shape index (κ2) is 16.4. The predicted octanol–water partition coefficient (Wildman–Crippen LogP) is 15.1. The van der Waals surface area contributed by atoms with E-state index in [1.165, 1.54) is 54.9 Å². The summed E-state index contributed by atoms with van der Waals surface area (Å²) in [6, 6.07) is 75.8. The Hall–Kier alpha value is -8.41. The summed E-state index contributed by atoms with van der Waals surface area (Å²) in [7, 11) is 0. The molecule has 11 aromatic rings. The van der Waals surface area contributed by atoms with Crippen LogP contribution in [-0.2, 0) is 0 Å². The highest BCUT2D eigenvalue weighted by molar-refractivity contribution is 6.14. The van der Waals surface area contributed by atoms with Gasteiger partial charge in [-0.15, -0.1) is 0 Å².